The first kappa shape index (κ1) is 29.9. The number of rotatable bonds is 10. The molecule has 228 valence electrons. The van der Waals surface area contributed by atoms with E-state index in [0.717, 1.165) is 12.1 Å². The van der Waals surface area contributed by atoms with Crippen molar-refractivity contribution in [2.75, 3.05) is 41.0 Å². The third kappa shape index (κ3) is 6.43. The van der Waals surface area contributed by atoms with Crippen molar-refractivity contribution in [1.82, 2.24) is 9.47 Å². The molecule has 12 nitrogen and oxygen atoms in total. The lowest BCUT2D eigenvalue weighted by Gasteiger charge is -2.42. The predicted octanol–water partition coefficient (Wildman–Crippen LogP) is 2.38. The summed E-state index contributed by atoms with van der Waals surface area (Å²) in [6.45, 7) is 2.00. The highest BCUT2D eigenvalue weighted by Gasteiger charge is 2.35. The summed E-state index contributed by atoms with van der Waals surface area (Å²) in [5.41, 5.74) is 0.863. The Morgan fingerprint density at radius 3 is 2.53 bits per heavy atom. The number of ether oxygens (including phenoxy) is 4. The molecule has 1 aromatic carbocycles. The van der Waals surface area contributed by atoms with Crippen molar-refractivity contribution in [2.24, 2.45) is 5.92 Å². The summed E-state index contributed by atoms with van der Waals surface area (Å²) in [6.07, 6.45) is 0.745. The second-order valence-electron chi connectivity index (χ2n) is 10.8. The Morgan fingerprint density at radius 2 is 1.79 bits per heavy atom. The number of pyridine rings is 1. The molecule has 3 atom stereocenters. The predicted molar refractivity (Wildman–Crippen MR) is 152 cm³/mol. The number of benzene rings is 1. The molecule has 2 aromatic heterocycles. The van der Waals surface area contributed by atoms with Crippen LogP contribution in [0.1, 0.15) is 47.5 Å². The average Bonchev–Trinajstić information content (AvgIpc) is 3.00. The zero-order valence-corrected chi connectivity index (χ0v) is 24.2. The van der Waals surface area contributed by atoms with Crippen molar-refractivity contribution in [1.29, 1.82) is 0 Å². The van der Waals surface area contributed by atoms with Crippen LogP contribution in [-0.4, -0.2) is 67.5 Å². The van der Waals surface area contributed by atoms with Gasteiger partial charge < -0.3 is 33.0 Å². The topological polar surface area (TPSA) is 147 Å². The molecule has 2 aliphatic rings. The van der Waals surface area contributed by atoms with E-state index in [1.165, 1.54) is 27.4 Å². The minimum absolute atomic E-state index is 0.00570. The lowest BCUT2D eigenvalue weighted by Crippen LogP contribution is -2.46. The van der Waals surface area contributed by atoms with Crippen molar-refractivity contribution in [3.8, 4) is 17.2 Å². The lowest BCUT2D eigenvalue weighted by molar-refractivity contribution is -0.143. The van der Waals surface area contributed by atoms with E-state index >= 15 is 0 Å². The molecule has 1 fully saturated rings. The van der Waals surface area contributed by atoms with Crippen LogP contribution in [0.3, 0.4) is 0 Å². The van der Waals surface area contributed by atoms with Crippen molar-refractivity contribution in [3.63, 3.8) is 0 Å². The number of carbonyl (C=O) groups excluding carboxylic acids is 2. The molecular formula is C31H34N2O10. The fourth-order valence-corrected chi connectivity index (χ4v) is 6.04. The van der Waals surface area contributed by atoms with Gasteiger partial charge in [-0.15, -0.1) is 0 Å². The molecule has 43 heavy (non-hydrogen) atoms. The number of aromatic nitrogens is 1. The van der Waals surface area contributed by atoms with Crippen LogP contribution in [0, 0.1) is 5.92 Å². The molecule has 1 unspecified atom stereocenters. The van der Waals surface area contributed by atoms with Crippen LogP contribution in [0.25, 0.3) is 0 Å². The normalized spacial score (nSPS) is 18.3. The first-order chi connectivity index (χ1) is 20.7. The number of nitrogens with zero attached hydrogens (tertiary/aromatic N) is 2. The molecular weight excluding hydrogens is 560 g/mol. The van der Waals surface area contributed by atoms with E-state index < -0.39 is 29.0 Å². The molecule has 12 heteroatoms. The maximum atomic E-state index is 13.0. The third-order valence-electron chi connectivity index (χ3n) is 8.01. The standard InChI is InChI=1S/C31H34N2O10/c1-39-26-10-19(7-8-25(26)42-17-29(37)41-3)22(12-28(36)40-2)31-30(38)24(34)11-21(43-31)16-32-13-18-9-20(15-32)23-5-4-6-27(35)33(23)14-18/h4-8,10-11,18,20,22,38H,9,12-17H2,1-3H3/t18-,20+,22?/m1/s1. The van der Waals surface area contributed by atoms with Gasteiger partial charge >= 0.3 is 11.9 Å². The van der Waals surface area contributed by atoms with Crippen LogP contribution < -0.4 is 20.5 Å². The number of hydrogen-bond donors (Lipinski definition) is 1. The summed E-state index contributed by atoms with van der Waals surface area (Å²) >= 11 is 0. The van der Waals surface area contributed by atoms with Crippen LogP contribution in [-0.2, 0) is 32.2 Å². The van der Waals surface area contributed by atoms with Gasteiger partial charge in [-0.25, -0.2) is 4.79 Å². The van der Waals surface area contributed by atoms with E-state index in [2.05, 4.69) is 9.64 Å². The number of likely N-dealkylation sites (tertiary alicyclic amines) is 1. The fraction of sp³-hybridized carbons (Fsp3) is 0.419. The molecule has 3 aromatic rings. The Labute approximate surface area is 247 Å². The van der Waals surface area contributed by atoms with Gasteiger partial charge in [-0.2, -0.15) is 0 Å². The van der Waals surface area contributed by atoms with Gasteiger partial charge in [0.25, 0.3) is 5.56 Å². The van der Waals surface area contributed by atoms with E-state index in [1.807, 2.05) is 10.6 Å². The first-order valence-electron chi connectivity index (χ1n) is 13.9. The highest BCUT2D eigenvalue weighted by atomic mass is 16.6. The smallest absolute Gasteiger partial charge is 0.343 e. The lowest BCUT2D eigenvalue weighted by atomic mass is 9.83. The van der Waals surface area contributed by atoms with Gasteiger partial charge in [0.2, 0.25) is 11.2 Å². The second kappa shape index (κ2) is 12.7. The van der Waals surface area contributed by atoms with Crippen molar-refractivity contribution < 1.29 is 38.1 Å². The Morgan fingerprint density at radius 1 is 1.00 bits per heavy atom. The molecule has 0 aliphatic carbocycles. The monoisotopic (exact) mass is 594 g/mol. The molecule has 4 heterocycles. The maximum absolute atomic E-state index is 13.0. The number of fused-ring (bicyclic) bond motifs is 4. The largest absolute Gasteiger partial charge is 0.502 e. The van der Waals surface area contributed by atoms with Gasteiger partial charge in [-0.1, -0.05) is 12.1 Å². The first-order valence-corrected chi connectivity index (χ1v) is 13.9. The van der Waals surface area contributed by atoms with Crippen molar-refractivity contribution >= 4 is 11.9 Å². The summed E-state index contributed by atoms with van der Waals surface area (Å²) in [7, 11) is 3.91. The molecule has 5 rings (SSSR count). The van der Waals surface area contributed by atoms with Gasteiger partial charge in [-0.05, 0) is 36.1 Å². The average molecular weight is 595 g/mol. The Hall–Kier alpha value is -4.58. The molecule has 0 saturated carbocycles. The quantitative estimate of drug-likeness (QED) is 0.345. The Balaban J connectivity index is 1.44. The number of hydrogen-bond acceptors (Lipinski definition) is 11. The minimum Gasteiger partial charge on any atom is -0.502 e. The molecule has 0 spiro atoms. The van der Waals surface area contributed by atoms with Gasteiger partial charge in [0, 0.05) is 43.4 Å². The van der Waals surface area contributed by atoms with E-state index in [4.69, 9.17) is 18.6 Å². The number of aromatic hydroxyl groups is 1. The summed E-state index contributed by atoms with van der Waals surface area (Å²) in [6, 6.07) is 11.4. The Bertz CT molecular complexity index is 1630. The fourth-order valence-electron chi connectivity index (χ4n) is 6.04. The van der Waals surface area contributed by atoms with Gasteiger partial charge in [0.05, 0.1) is 40.2 Å². The molecule has 1 saturated heterocycles. The van der Waals surface area contributed by atoms with Crippen LogP contribution in [0.5, 0.6) is 17.2 Å². The summed E-state index contributed by atoms with van der Waals surface area (Å²) in [4.78, 5) is 51.6. The van der Waals surface area contributed by atoms with E-state index in [9.17, 15) is 24.3 Å². The number of methoxy groups -OCH3 is 3. The van der Waals surface area contributed by atoms with E-state index in [-0.39, 0.29) is 47.7 Å². The number of piperidine rings is 1. The molecule has 2 aliphatic heterocycles. The molecule has 2 bridgehead atoms. The SMILES string of the molecule is COC(=O)COc1ccc(C(CC(=O)OC)c2oc(CN3C[C@H]4C[C@@H](C3)c3cccc(=O)n3C4)cc(=O)c2O)cc1OC. The minimum atomic E-state index is -0.900. The second-order valence-corrected chi connectivity index (χ2v) is 10.8. The van der Waals surface area contributed by atoms with E-state index in [0.29, 0.717) is 37.5 Å². The Kier molecular flexibility index (Phi) is 8.86. The molecule has 0 amide bonds. The maximum Gasteiger partial charge on any atom is 0.343 e. The summed E-state index contributed by atoms with van der Waals surface area (Å²) in [5, 5.41) is 10.9. The van der Waals surface area contributed by atoms with Gasteiger partial charge in [0.1, 0.15) is 5.76 Å². The molecule has 0 radical (unpaired) electrons. The summed E-state index contributed by atoms with van der Waals surface area (Å²) < 4.78 is 28.5. The van der Waals surface area contributed by atoms with E-state index in [1.54, 1.807) is 30.3 Å². The van der Waals surface area contributed by atoms with Gasteiger partial charge in [-0.3, -0.25) is 19.3 Å². The third-order valence-corrected chi connectivity index (χ3v) is 8.01. The highest BCUT2D eigenvalue weighted by Crippen LogP contribution is 2.39. The van der Waals surface area contributed by atoms with Crippen LogP contribution in [0.2, 0.25) is 0 Å². The van der Waals surface area contributed by atoms with Crippen LogP contribution in [0.15, 0.2) is 56.5 Å². The van der Waals surface area contributed by atoms with Crippen molar-refractivity contribution in [3.05, 3.63) is 85.8 Å². The van der Waals surface area contributed by atoms with Crippen LogP contribution in [0.4, 0.5) is 0 Å². The summed E-state index contributed by atoms with van der Waals surface area (Å²) in [5.74, 6) is -1.45. The highest BCUT2D eigenvalue weighted by molar-refractivity contribution is 5.72. The molecule has 1 N–H and O–H groups in total. The number of carbonyl (C=O) groups is 2. The zero-order valence-electron chi connectivity index (χ0n) is 24.2. The van der Waals surface area contributed by atoms with Crippen LogP contribution >= 0.6 is 0 Å². The number of esters is 2. The van der Waals surface area contributed by atoms with Gasteiger partial charge in [0.15, 0.2) is 23.9 Å². The van der Waals surface area contributed by atoms with Crippen molar-refractivity contribution in [2.45, 2.75) is 37.8 Å². The zero-order chi connectivity index (χ0) is 30.7.